The highest BCUT2D eigenvalue weighted by Gasteiger charge is 2.16. The molecule has 2 heteroatoms. The van der Waals surface area contributed by atoms with Crippen LogP contribution < -0.4 is 0 Å². The normalized spacial score (nSPS) is 15.4. The molecule has 0 amide bonds. The summed E-state index contributed by atoms with van der Waals surface area (Å²) >= 11 is 0. The summed E-state index contributed by atoms with van der Waals surface area (Å²) in [6.45, 7) is 7.88. The van der Waals surface area contributed by atoms with Crippen LogP contribution in [0.25, 0.3) is 0 Å². The van der Waals surface area contributed by atoms with Crippen LogP contribution >= 0.6 is 0 Å². The molecule has 0 bridgehead atoms. The van der Waals surface area contributed by atoms with E-state index in [0.29, 0.717) is 0 Å². The quantitative estimate of drug-likeness (QED) is 0.619. The van der Waals surface area contributed by atoms with E-state index < -0.39 is 0 Å². The first-order valence-corrected chi connectivity index (χ1v) is 4.97. The van der Waals surface area contributed by atoms with Crippen molar-refractivity contribution in [3.63, 3.8) is 0 Å². The van der Waals surface area contributed by atoms with Crippen molar-refractivity contribution in [2.75, 3.05) is 7.11 Å². The highest BCUT2D eigenvalue weighted by Crippen LogP contribution is 2.13. The molecule has 1 N–H and O–H groups in total. The molecule has 0 spiro atoms. The largest absolute Gasteiger partial charge is 0.390 e. The van der Waals surface area contributed by atoms with Crippen LogP contribution in [0.3, 0.4) is 0 Å². The summed E-state index contributed by atoms with van der Waals surface area (Å²) in [4.78, 5) is 0. The second-order valence-electron chi connectivity index (χ2n) is 3.63. The molecule has 0 saturated heterocycles. The molecular weight excluding hydrogens is 164 g/mol. The van der Waals surface area contributed by atoms with Gasteiger partial charge in [0.2, 0.25) is 0 Å². The van der Waals surface area contributed by atoms with E-state index in [0.717, 1.165) is 31.3 Å². The summed E-state index contributed by atoms with van der Waals surface area (Å²) in [6.07, 6.45) is 3.25. The van der Waals surface area contributed by atoms with Gasteiger partial charge in [-0.3, -0.25) is 0 Å². The molecule has 78 valence electrons. The van der Waals surface area contributed by atoms with Crippen LogP contribution in [-0.2, 0) is 4.74 Å². The van der Waals surface area contributed by atoms with E-state index in [1.807, 2.05) is 6.92 Å². The van der Waals surface area contributed by atoms with Crippen molar-refractivity contribution >= 4 is 0 Å². The lowest BCUT2D eigenvalue weighted by atomic mass is 10.0. The van der Waals surface area contributed by atoms with Crippen LogP contribution in [0, 0.1) is 0 Å². The van der Waals surface area contributed by atoms with Gasteiger partial charge in [0.15, 0.2) is 0 Å². The van der Waals surface area contributed by atoms with Gasteiger partial charge in [0.1, 0.15) is 0 Å². The number of methoxy groups -OCH3 is 1. The molecule has 0 radical (unpaired) electrons. The molecule has 0 fully saturated rings. The van der Waals surface area contributed by atoms with Crippen LogP contribution in [-0.4, -0.2) is 24.4 Å². The summed E-state index contributed by atoms with van der Waals surface area (Å²) in [5, 5.41) is 9.72. The highest BCUT2D eigenvalue weighted by molar-refractivity contribution is 4.89. The molecule has 0 aliphatic carbocycles. The molecule has 0 saturated carbocycles. The van der Waals surface area contributed by atoms with Gasteiger partial charge in [-0.15, -0.1) is 6.58 Å². The Balaban J connectivity index is 3.76. The molecule has 0 aliphatic heterocycles. The number of allylic oxidation sites excluding steroid dienone is 1. The number of aliphatic hydroxyl groups is 1. The number of hydrogen-bond acceptors (Lipinski definition) is 2. The Labute approximate surface area is 81.6 Å². The molecule has 0 aliphatic rings. The monoisotopic (exact) mass is 186 g/mol. The SMILES string of the molecule is C=C(C)CCC(O)C(CCC)OC. The topological polar surface area (TPSA) is 29.5 Å². The van der Waals surface area contributed by atoms with Crippen LogP contribution in [0.5, 0.6) is 0 Å². The Morgan fingerprint density at radius 2 is 2.08 bits per heavy atom. The van der Waals surface area contributed by atoms with Crippen molar-refractivity contribution in [3.05, 3.63) is 12.2 Å². The van der Waals surface area contributed by atoms with E-state index in [1.54, 1.807) is 7.11 Å². The zero-order valence-corrected chi connectivity index (χ0v) is 9.05. The fourth-order valence-electron chi connectivity index (χ4n) is 1.33. The maximum Gasteiger partial charge on any atom is 0.0830 e. The van der Waals surface area contributed by atoms with E-state index in [1.165, 1.54) is 0 Å². The molecule has 0 aromatic carbocycles. The second-order valence-corrected chi connectivity index (χ2v) is 3.63. The van der Waals surface area contributed by atoms with E-state index in [-0.39, 0.29) is 12.2 Å². The second kappa shape index (κ2) is 7.10. The Morgan fingerprint density at radius 1 is 1.46 bits per heavy atom. The lowest BCUT2D eigenvalue weighted by molar-refractivity contribution is -0.0199. The molecule has 0 rings (SSSR count). The smallest absolute Gasteiger partial charge is 0.0830 e. The standard InChI is InChI=1S/C11H22O2/c1-5-6-11(13-4)10(12)8-7-9(2)3/h10-12H,2,5-8H2,1,3-4H3. The predicted molar refractivity (Wildman–Crippen MR) is 55.8 cm³/mol. The maximum absolute atomic E-state index is 9.72. The predicted octanol–water partition coefficient (Wildman–Crippen LogP) is 2.52. The molecule has 0 aromatic rings. The molecule has 0 aromatic heterocycles. The summed E-state index contributed by atoms with van der Waals surface area (Å²) < 4.78 is 5.21. The van der Waals surface area contributed by atoms with Crippen LogP contribution in [0.2, 0.25) is 0 Å². The maximum atomic E-state index is 9.72. The summed E-state index contributed by atoms with van der Waals surface area (Å²) in [6, 6.07) is 0. The third kappa shape index (κ3) is 5.83. The van der Waals surface area contributed by atoms with Gasteiger partial charge in [-0.25, -0.2) is 0 Å². The van der Waals surface area contributed by atoms with Crippen molar-refractivity contribution in [2.24, 2.45) is 0 Å². The van der Waals surface area contributed by atoms with Crippen LogP contribution in [0.1, 0.15) is 39.5 Å². The highest BCUT2D eigenvalue weighted by atomic mass is 16.5. The van der Waals surface area contributed by atoms with Gasteiger partial charge in [-0.05, 0) is 26.2 Å². The van der Waals surface area contributed by atoms with E-state index >= 15 is 0 Å². The summed E-state index contributed by atoms with van der Waals surface area (Å²) in [7, 11) is 1.66. The van der Waals surface area contributed by atoms with Crippen molar-refractivity contribution in [3.8, 4) is 0 Å². The fraction of sp³-hybridized carbons (Fsp3) is 0.818. The molecule has 2 unspecified atom stereocenters. The number of hydrogen-bond donors (Lipinski definition) is 1. The average Bonchev–Trinajstić information content (AvgIpc) is 2.10. The average molecular weight is 186 g/mol. The van der Waals surface area contributed by atoms with Gasteiger partial charge >= 0.3 is 0 Å². The molecule has 2 atom stereocenters. The third-order valence-corrected chi connectivity index (χ3v) is 2.17. The van der Waals surface area contributed by atoms with Gasteiger partial charge in [0.25, 0.3) is 0 Å². The van der Waals surface area contributed by atoms with Gasteiger partial charge in [-0.1, -0.05) is 18.9 Å². The van der Waals surface area contributed by atoms with Gasteiger partial charge < -0.3 is 9.84 Å². The van der Waals surface area contributed by atoms with Gasteiger partial charge in [0, 0.05) is 7.11 Å². The van der Waals surface area contributed by atoms with Crippen molar-refractivity contribution in [1.82, 2.24) is 0 Å². The first-order valence-electron chi connectivity index (χ1n) is 4.97. The lowest BCUT2D eigenvalue weighted by Crippen LogP contribution is -2.27. The first-order chi connectivity index (χ1) is 6.11. The minimum Gasteiger partial charge on any atom is -0.390 e. The number of ether oxygens (including phenoxy) is 1. The Hall–Kier alpha value is -0.340. The minimum atomic E-state index is -0.346. The Kier molecular flexibility index (Phi) is 6.92. The molecule has 13 heavy (non-hydrogen) atoms. The summed E-state index contributed by atoms with van der Waals surface area (Å²) in [5.41, 5.74) is 1.12. The lowest BCUT2D eigenvalue weighted by Gasteiger charge is -2.20. The van der Waals surface area contributed by atoms with Gasteiger partial charge in [-0.2, -0.15) is 0 Å². The van der Waals surface area contributed by atoms with E-state index in [2.05, 4.69) is 13.5 Å². The molecule has 2 nitrogen and oxygen atoms in total. The minimum absolute atomic E-state index is 0.00986. The van der Waals surface area contributed by atoms with E-state index in [9.17, 15) is 5.11 Å². The third-order valence-electron chi connectivity index (χ3n) is 2.17. The van der Waals surface area contributed by atoms with E-state index in [4.69, 9.17) is 4.74 Å². The Morgan fingerprint density at radius 3 is 2.46 bits per heavy atom. The number of rotatable bonds is 7. The van der Waals surface area contributed by atoms with Gasteiger partial charge in [0.05, 0.1) is 12.2 Å². The first kappa shape index (κ1) is 12.7. The van der Waals surface area contributed by atoms with Crippen molar-refractivity contribution in [2.45, 2.75) is 51.7 Å². The number of aliphatic hydroxyl groups excluding tert-OH is 1. The van der Waals surface area contributed by atoms with Crippen molar-refractivity contribution < 1.29 is 9.84 Å². The Bertz CT molecular complexity index is 143. The van der Waals surface area contributed by atoms with Crippen LogP contribution in [0.15, 0.2) is 12.2 Å². The summed E-state index contributed by atoms with van der Waals surface area (Å²) in [5.74, 6) is 0. The van der Waals surface area contributed by atoms with Crippen LogP contribution in [0.4, 0.5) is 0 Å². The molecule has 0 heterocycles. The zero-order valence-electron chi connectivity index (χ0n) is 9.05. The zero-order chi connectivity index (χ0) is 10.3. The molecular formula is C11H22O2. The van der Waals surface area contributed by atoms with Crippen molar-refractivity contribution in [1.29, 1.82) is 0 Å². The fourth-order valence-corrected chi connectivity index (χ4v) is 1.33.